The van der Waals surface area contributed by atoms with Crippen LogP contribution < -0.4 is 4.74 Å². The first kappa shape index (κ1) is 16.4. The Labute approximate surface area is 142 Å². The van der Waals surface area contributed by atoms with Crippen molar-refractivity contribution in [2.75, 3.05) is 0 Å². The lowest BCUT2D eigenvalue weighted by Crippen LogP contribution is -2.00. The molecule has 0 atom stereocenters. The fourth-order valence-corrected chi connectivity index (χ4v) is 2.17. The highest BCUT2D eigenvalue weighted by molar-refractivity contribution is 5.55. The molecule has 126 valence electrons. The molecule has 0 unspecified atom stereocenters. The molecule has 0 fully saturated rings. The van der Waals surface area contributed by atoms with E-state index in [0.717, 1.165) is 17.7 Å². The van der Waals surface area contributed by atoms with Crippen molar-refractivity contribution in [2.24, 2.45) is 0 Å². The zero-order valence-electron chi connectivity index (χ0n) is 13.2. The minimum absolute atomic E-state index is 0.0900. The van der Waals surface area contributed by atoms with E-state index in [4.69, 9.17) is 4.74 Å². The highest BCUT2D eigenvalue weighted by Gasteiger charge is 2.18. The van der Waals surface area contributed by atoms with E-state index in [-0.39, 0.29) is 11.6 Å². The maximum absolute atomic E-state index is 13.3. The molecule has 8 heteroatoms. The van der Waals surface area contributed by atoms with Crippen LogP contribution in [0.25, 0.3) is 11.4 Å². The molecule has 0 N–H and O–H groups in total. The maximum atomic E-state index is 13.3. The first-order valence-corrected chi connectivity index (χ1v) is 7.47. The standard InChI is InChI=1S/C17H13FN4O3/c1-2-13-10-16(21-17(20-13)11-5-7-19-8-6-11)25-15-4-3-12(18)9-14(15)22(23)24/h3-10H,2H2,1H3. The fraction of sp³-hybridized carbons (Fsp3) is 0.118. The molecule has 0 aliphatic carbocycles. The van der Waals surface area contributed by atoms with E-state index in [0.29, 0.717) is 17.9 Å². The number of aromatic nitrogens is 3. The van der Waals surface area contributed by atoms with Crippen LogP contribution in [0.3, 0.4) is 0 Å². The molecule has 3 aromatic rings. The van der Waals surface area contributed by atoms with Gasteiger partial charge in [0.05, 0.1) is 11.0 Å². The second-order valence-corrected chi connectivity index (χ2v) is 5.08. The molecule has 0 aliphatic heterocycles. The maximum Gasteiger partial charge on any atom is 0.314 e. The van der Waals surface area contributed by atoms with Gasteiger partial charge in [-0.05, 0) is 30.7 Å². The van der Waals surface area contributed by atoms with Crippen LogP contribution in [-0.2, 0) is 6.42 Å². The van der Waals surface area contributed by atoms with Gasteiger partial charge >= 0.3 is 5.69 Å². The molecule has 0 saturated heterocycles. The van der Waals surface area contributed by atoms with Gasteiger partial charge in [0.15, 0.2) is 5.82 Å². The number of rotatable bonds is 5. The summed E-state index contributed by atoms with van der Waals surface area (Å²) in [5.41, 5.74) is 0.979. The van der Waals surface area contributed by atoms with Crippen LogP contribution in [-0.4, -0.2) is 19.9 Å². The number of benzene rings is 1. The molecule has 25 heavy (non-hydrogen) atoms. The Morgan fingerprint density at radius 3 is 2.60 bits per heavy atom. The van der Waals surface area contributed by atoms with Crippen LogP contribution in [0.2, 0.25) is 0 Å². The summed E-state index contributed by atoms with van der Waals surface area (Å²) in [7, 11) is 0. The molecular weight excluding hydrogens is 327 g/mol. The monoisotopic (exact) mass is 340 g/mol. The van der Waals surface area contributed by atoms with Crippen molar-refractivity contribution >= 4 is 5.69 Å². The van der Waals surface area contributed by atoms with Gasteiger partial charge in [0.1, 0.15) is 5.82 Å². The first-order chi connectivity index (χ1) is 12.1. The lowest BCUT2D eigenvalue weighted by molar-refractivity contribution is -0.385. The Kier molecular flexibility index (Phi) is 4.60. The number of nitrogens with zero attached hydrogens (tertiary/aromatic N) is 4. The van der Waals surface area contributed by atoms with Crippen molar-refractivity contribution in [3.05, 3.63) is 70.4 Å². The van der Waals surface area contributed by atoms with Crippen LogP contribution in [0.4, 0.5) is 10.1 Å². The third-order valence-electron chi connectivity index (χ3n) is 3.39. The van der Waals surface area contributed by atoms with E-state index in [2.05, 4.69) is 15.0 Å². The summed E-state index contributed by atoms with van der Waals surface area (Å²) < 4.78 is 18.8. The molecule has 0 bridgehead atoms. The van der Waals surface area contributed by atoms with E-state index in [1.807, 2.05) is 6.92 Å². The van der Waals surface area contributed by atoms with Gasteiger partial charge in [0.2, 0.25) is 11.6 Å². The highest BCUT2D eigenvalue weighted by atomic mass is 19.1. The van der Waals surface area contributed by atoms with E-state index in [1.165, 1.54) is 6.07 Å². The van der Waals surface area contributed by atoms with Crippen LogP contribution in [0.5, 0.6) is 11.6 Å². The SMILES string of the molecule is CCc1cc(Oc2ccc(F)cc2[N+](=O)[O-])nc(-c2ccncc2)n1. The molecule has 0 radical (unpaired) electrons. The van der Waals surface area contributed by atoms with Gasteiger partial charge in [-0.1, -0.05) is 6.92 Å². The largest absolute Gasteiger partial charge is 0.432 e. The summed E-state index contributed by atoms with van der Waals surface area (Å²) in [5, 5.41) is 11.1. The molecule has 3 rings (SSSR count). The minimum Gasteiger partial charge on any atom is -0.432 e. The molecule has 0 aliphatic rings. The smallest absolute Gasteiger partial charge is 0.314 e. The Balaban J connectivity index is 2.02. The Morgan fingerprint density at radius 1 is 1.16 bits per heavy atom. The van der Waals surface area contributed by atoms with Crippen LogP contribution in [0, 0.1) is 15.9 Å². The van der Waals surface area contributed by atoms with E-state index < -0.39 is 16.4 Å². The van der Waals surface area contributed by atoms with Gasteiger partial charge in [0, 0.05) is 29.7 Å². The van der Waals surface area contributed by atoms with Gasteiger partial charge in [-0.15, -0.1) is 0 Å². The van der Waals surface area contributed by atoms with Crippen molar-refractivity contribution < 1.29 is 14.1 Å². The lowest BCUT2D eigenvalue weighted by atomic mass is 10.2. The van der Waals surface area contributed by atoms with Gasteiger partial charge in [-0.3, -0.25) is 15.1 Å². The summed E-state index contributed by atoms with van der Waals surface area (Å²) in [6.07, 6.45) is 3.85. The van der Waals surface area contributed by atoms with E-state index in [9.17, 15) is 14.5 Å². The number of ether oxygens (including phenoxy) is 1. The highest BCUT2D eigenvalue weighted by Crippen LogP contribution is 2.32. The third kappa shape index (κ3) is 3.74. The number of nitro benzene ring substituents is 1. The van der Waals surface area contributed by atoms with E-state index >= 15 is 0 Å². The Hall–Kier alpha value is -3.42. The number of aryl methyl sites for hydroxylation is 1. The van der Waals surface area contributed by atoms with Gasteiger partial charge in [0.25, 0.3) is 0 Å². The van der Waals surface area contributed by atoms with Gasteiger partial charge in [-0.25, -0.2) is 9.37 Å². The Morgan fingerprint density at radius 2 is 1.92 bits per heavy atom. The van der Waals surface area contributed by atoms with Crippen molar-refractivity contribution in [1.29, 1.82) is 0 Å². The van der Waals surface area contributed by atoms with Crippen molar-refractivity contribution in [3.8, 4) is 23.0 Å². The molecule has 7 nitrogen and oxygen atoms in total. The van der Waals surface area contributed by atoms with Crippen molar-refractivity contribution in [1.82, 2.24) is 15.0 Å². The second kappa shape index (κ2) is 7.00. The number of nitro groups is 1. The number of pyridine rings is 1. The van der Waals surface area contributed by atoms with Gasteiger partial charge < -0.3 is 4.74 Å². The molecule has 0 spiro atoms. The summed E-state index contributed by atoms with van der Waals surface area (Å²) >= 11 is 0. The van der Waals surface area contributed by atoms with Crippen LogP contribution in [0.15, 0.2) is 48.8 Å². The average Bonchev–Trinajstić information content (AvgIpc) is 2.63. The number of halogens is 1. The first-order valence-electron chi connectivity index (χ1n) is 7.47. The van der Waals surface area contributed by atoms with Crippen LogP contribution >= 0.6 is 0 Å². The number of hydrogen-bond donors (Lipinski definition) is 0. The summed E-state index contributed by atoms with van der Waals surface area (Å²) in [4.78, 5) is 23.1. The average molecular weight is 340 g/mol. The summed E-state index contributed by atoms with van der Waals surface area (Å²) in [5.74, 6) is -0.240. The molecule has 2 aromatic heterocycles. The van der Waals surface area contributed by atoms with Crippen molar-refractivity contribution in [2.45, 2.75) is 13.3 Å². The summed E-state index contributed by atoms with van der Waals surface area (Å²) in [6.45, 7) is 1.92. The third-order valence-corrected chi connectivity index (χ3v) is 3.39. The van der Waals surface area contributed by atoms with Gasteiger partial charge in [-0.2, -0.15) is 4.98 Å². The number of hydrogen-bond acceptors (Lipinski definition) is 6. The van der Waals surface area contributed by atoms with Crippen molar-refractivity contribution in [3.63, 3.8) is 0 Å². The molecule has 1 aromatic carbocycles. The molecule has 0 saturated carbocycles. The quantitative estimate of drug-likeness (QED) is 0.516. The van der Waals surface area contributed by atoms with E-state index in [1.54, 1.807) is 30.6 Å². The fourth-order valence-electron chi connectivity index (χ4n) is 2.17. The predicted octanol–water partition coefficient (Wildman–Crippen LogP) is 3.94. The molecule has 0 amide bonds. The zero-order chi connectivity index (χ0) is 17.8. The Bertz CT molecular complexity index is 919. The summed E-state index contributed by atoms with van der Waals surface area (Å²) in [6, 6.07) is 8.19. The minimum atomic E-state index is -0.714. The van der Waals surface area contributed by atoms with Crippen LogP contribution in [0.1, 0.15) is 12.6 Å². The molecular formula is C17H13FN4O3. The second-order valence-electron chi connectivity index (χ2n) is 5.08. The normalized spacial score (nSPS) is 10.5. The molecule has 2 heterocycles. The zero-order valence-corrected chi connectivity index (χ0v) is 13.2. The topological polar surface area (TPSA) is 91.0 Å². The predicted molar refractivity (Wildman–Crippen MR) is 87.8 cm³/mol. The lowest BCUT2D eigenvalue weighted by Gasteiger charge is -2.09.